The van der Waals surface area contributed by atoms with Gasteiger partial charge in [-0.25, -0.2) is 0 Å². The van der Waals surface area contributed by atoms with Gasteiger partial charge < -0.3 is 13.9 Å². The first-order chi connectivity index (χ1) is 25.5. The van der Waals surface area contributed by atoms with Crippen LogP contribution in [0.5, 0.6) is 0 Å². The van der Waals surface area contributed by atoms with Crippen molar-refractivity contribution in [3.63, 3.8) is 0 Å². The van der Waals surface area contributed by atoms with E-state index >= 15 is 0 Å². The summed E-state index contributed by atoms with van der Waals surface area (Å²) in [5.41, 5.74) is 1.41. The Hall–Kier alpha value is -2.33. The summed E-state index contributed by atoms with van der Waals surface area (Å²) in [6.07, 6.45) is 10.5. The predicted octanol–water partition coefficient (Wildman–Crippen LogP) is 12.5. The van der Waals surface area contributed by atoms with E-state index in [-0.39, 0.29) is 35.9 Å². The maximum Gasteiger partial charge on any atom is 0.192 e. The van der Waals surface area contributed by atoms with Crippen molar-refractivity contribution in [2.24, 2.45) is 35.5 Å². The van der Waals surface area contributed by atoms with Crippen LogP contribution in [0, 0.1) is 35.5 Å². The molecule has 298 valence electrons. The molecule has 0 radical (unpaired) electrons. The summed E-state index contributed by atoms with van der Waals surface area (Å²) in [5.74, 6) is 2.28. The molecule has 0 amide bonds. The van der Waals surface area contributed by atoms with Gasteiger partial charge in [0.05, 0.1) is 18.4 Å². The van der Waals surface area contributed by atoms with Gasteiger partial charge in [0, 0.05) is 18.9 Å². The summed E-state index contributed by atoms with van der Waals surface area (Å²) in [5, 5.41) is 4.37. The summed E-state index contributed by atoms with van der Waals surface area (Å²) in [6, 6.07) is 33.6. The summed E-state index contributed by atoms with van der Waals surface area (Å²) in [7, 11) is -2.31. The van der Waals surface area contributed by atoms with Crippen LogP contribution in [0.2, 0.25) is 18.1 Å². The minimum atomic E-state index is -2.03. The molecule has 2 unspecified atom stereocenters. The molecule has 0 saturated heterocycles. The average molecular weight is 772 g/mol. The van der Waals surface area contributed by atoms with Gasteiger partial charge in [-0.05, 0) is 98.0 Å². The molecular formula is C49H76O3PSi+. The lowest BCUT2D eigenvalue weighted by atomic mass is 9.77. The largest absolute Gasteiger partial charge is 0.413 e. The van der Waals surface area contributed by atoms with Crippen molar-refractivity contribution in [3.8, 4) is 0 Å². The minimum absolute atomic E-state index is 0.0184. The van der Waals surface area contributed by atoms with Crippen LogP contribution in [0.1, 0.15) is 89.0 Å². The number of hydrogen-bond donors (Lipinski definition) is 0. The van der Waals surface area contributed by atoms with Crippen molar-refractivity contribution in [1.29, 1.82) is 0 Å². The molecule has 0 heterocycles. The molecule has 0 aliphatic rings. The molecule has 0 aliphatic heterocycles. The van der Waals surface area contributed by atoms with Gasteiger partial charge in [0.2, 0.25) is 0 Å². The lowest BCUT2D eigenvalue weighted by Gasteiger charge is -2.44. The molecule has 3 aromatic carbocycles. The van der Waals surface area contributed by atoms with Gasteiger partial charge in [0.15, 0.2) is 8.32 Å². The first-order valence-electron chi connectivity index (χ1n) is 20.7. The summed E-state index contributed by atoms with van der Waals surface area (Å²) >= 11 is 0. The van der Waals surface area contributed by atoms with Gasteiger partial charge in [-0.1, -0.05) is 148 Å². The molecule has 0 fully saturated rings. The SMILES string of the molecule is CC/C=C\C(C)[C@H](C)[C@@H](C)[C@H](O[Si](C)(C)C(C)(C)C)[C@@H](C)C/C(C)=C\[C@H](C)[C@@H](OCOC)C(C)C[P+](c1ccccc1)(c1ccccc1)c1ccccc1. The zero-order valence-corrected chi connectivity index (χ0v) is 38.4. The minimum Gasteiger partial charge on any atom is -0.413 e. The fourth-order valence-electron chi connectivity index (χ4n) is 8.13. The third kappa shape index (κ3) is 12.1. The molecule has 3 nitrogen and oxygen atoms in total. The van der Waals surface area contributed by atoms with Crippen LogP contribution in [0.15, 0.2) is 115 Å². The second kappa shape index (κ2) is 21.3. The Bertz CT molecular complexity index is 1450. The highest BCUT2D eigenvalue weighted by Crippen LogP contribution is 2.57. The molecule has 0 N–H and O–H groups in total. The average Bonchev–Trinajstić information content (AvgIpc) is 3.15. The summed E-state index contributed by atoms with van der Waals surface area (Å²) in [4.78, 5) is 0. The number of hydrogen-bond acceptors (Lipinski definition) is 3. The topological polar surface area (TPSA) is 27.7 Å². The molecule has 3 aromatic rings. The van der Waals surface area contributed by atoms with Crippen molar-refractivity contribution < 1.29 is 13.9 Å². The first kappa shape index (κ1) is 46.1. The van der Waals surface area contributed by atoms with Gasteiger partial charge in [0.1, 0.15) is 30.0 Å². The maximum atomic E-state index is 7.38. The van der Waals surface area contributed by atoms with Crippen LogP contribution in [-0.4, -0.2) is 40.6 Å². The Kier molecular flexibility index (Phi) is 18.1. The Morgan fingerprint density at radius 1 is 0.704 bits per heavy atom. The lowest BCUT2D eigenvalue weighted by molar-refractivity contribution is -0.0981. The Morgan fingerprint density at radius 3 is 1.61 bits per heavy atom. The van der Waals surface area contributed by atoms with Crippen LogP contribution >= 0.6 is 7.26 Å². The Balaban J connectivity index is 1.99. The van der Waals surface area contributed by atoms with Crippen LogP contribution in [0.25, 0.3) is 0 Å². The Labute approximate surface area is 333 Å². The van der Waals surface area contributed by atoms with E-state index < -0.39 is 15.6 Å². The van der Waals surface area contributed by atoms with E-state index in [0.29, 0.717) is 23.7 Å². The van der Waals surface area contributed by atoms with Gasteiger partial charge in [-0.15, -0.1) is 0 Å². The predicted molar refractivity (Wildman–Crippen MR) is 242 cm³/mol. The molecule has 0 aliphatic carbocycles. The van der Waals surface area contributed by atoms with E-state index in [9.17, 15) is 0 Å². The summed E-state index contributed by atoms with van der Waals surface area (Å²) < 4.78 is 19.6. The highest BCUT2D eigenvalue weighted by atomic mass is 31.2. The van der Waals surface area contributed by atoms with Crippen LogP contribution < -0.4 is 15.9 Å². The lowest BCUT2D eigenvalue weighted by Crippen LogP contribution is -2.48. The van der Waals surface area contributed by atoms with Gasteiger partial charge in [-0.3, -0.25) is 0 Å². The highest BCUT2D eigenvalue weighted by Gasteiger charge is 2.48. The van der Waals surface area contributed by atoms with Crippen molar-refractivity contribution in [3.05, 3.63) is 115 Å². The van der Waals surface area contributed by atoms with Crippen LogP contribution in [-0.2, 0) is 13.9 Å². The highest BCUT2D eigenvalue weighted by molar-refractivity contribution is 7.95. The normalized spacial score (nSPS) is 17.8. The van der Waals surface area contributed by atoms with Crippen molar-refractivity contribution in [2.45, 2.75) is 119 Å². The van der Waals surface area contributed by atoms with Crippen molar-refractivity contribution in [1.82, 2.24) is 0 Å². The monoisotopic (exact) mass is 772 g/mol. The molecule has 0 bridgehead atoms. The van der Waals surface area contributed by atoms with Gasteiger partial charge in [0.25, 0.3) is 0 Å². The molecule has 0 aromatic heterocycles. The van der Waals surface area contributed by atoms with Gasteiger partial charge >= 0.3 is 0 Å². The smallest absolute Gasteiger partial charge is 0.192 e. The number of allylic oxidation sites excluding steroid dienone is 3. The van der Waals surface area contributed by atoms with E-state index in [4.69, 9.17) is 13.9 Å². The fourth-order valence-corrected chi connectivity index (χ4v) is 14.2. The number of ether oxygens (including phenoxy) is 2. The summed E-state index contributed by atoms with van der Waals surface area (Å²) in [6.45, 7) is 31.1. The molecule has 0 saturated carbocycles. The molecule has 0 spiro atoms. The van der Waals surface area contributed by atoms with Crippen molar-refractivity contribution >= 4 is 31.5 Å². The van der Waals surface area contributed by atoms with E-state index in [1.807, 2.05) is 0 Å². The number of benzene rings is 3. The van der Waals surface area contributed by atoms with Crippen molar-refractivity contribution in [2.75, 3.05) is 20.1 Å². The molecule has 5 heteroatoms. The number of methoxy groups -OCH3 is 1. The van der Waals surface area contributed by atoms with E-state index in [1.54, 1.807) is 7.11 Å². The molecular weight excluding hydrogens is 696 g/mol. The zero-order valence-electron chi connectivity index (χ0n) is 36.5. The second-order valence-electron chi connectivity index (χ2n) is 17.8. The van der Waals surface area contributed by atoms with E-state index in [1.165, 1.54) is 21.5 Å². The third-order valence-electron chi connectivity index (χ3n) is 12.5. The molecule has 8 atom stereocenters. The Morgan fingerprint density at radius 2 is 1.19 bits per heavy atom. The number of rotatable bonds is 21. The van der Waals surface area contributed by atoms with Crippen LogP contribution in [0.4, 0.5) is 0 Å². The molecule has 54 heavy (non-hydrogen) atoms. The second-order valence-corrected chi connectivity index (χ2v) is 26.1. The standard InChI is InChI=1S/C49H76O3PSi/c1-15-16-26-38(3)42(7)43(8)48(52-54(13,14)49(9,10)11)40(5)34-37(2)33-39(4)47(51-36-50-12)41(6)35-53(44-27-20-17-21-28-44,45-29-22-18-23-30-45)46-31-24-19-25-32-46/h16-33,38-43,47-48H,15,34-36H2,1-14H3/q+1/b26-16-,37-33-/t38?,39-,40-,41?,42-,43+,47+,48+/m0/s1. The van der Waals surface area contributed by atoms with E-state index in [0.717, 1.165) is 19.0 Å². The van der Waals surface area contributed by atoms with E-state index in [2.05, 4.69) is 198 Å². The maximum absolute atomic E-state index is 7.38. The first-order valence-corrected chi connectivity index (χ1v) is 25.6. The zero-order chi connectivity index (χ0) is 40.1. The van der Waals surface area contributed by atoms with Crippen LogP contribution in [0.3, 0.4) is 0 Å². The van der Waals surface area contributed by atoms with Gasteiger partial charge in [-0.2, -0.15) is 0 Å². The quantitative estimate of drug-likeness (QED) is 0.0467. The third-order valence-corrected chi connectivity index (χ3v) is 21.6. The fraction of sp³-hybridized carbons (Fsp3) is 0.551. The molecule has 3 rings (SSSR count).